The van der Waals surface area contributed by atoms with Crippen LogP contribution in [0.1, 0.15) is 104 Å². The zero-order valence-electron chi connectivity index (χ0n) is 18.7. The fourth-order valence-corrected chi connectivity index (χ4v) is 3.26. The molecule has 0 spiro atoms. The Labute approximate surface area is 181 Å². The molecular formula is C21H41O8P. The third-order valence-corrected chi connectivity index (χ3v) is 5.11. The minimum atomic E-state index is -4.71. The first-order chi connectivity index (χ1) is 14.3. The molecule has 0 aliphatic heterocycles. The van der Waals surface area contributed by atoms with Gasteiger partial charge in [-0.25, -0.2) is 4.57 Å². The fraction of sp³-hybridized carbons (Fsp3) is 0.905. The van der Waals surface area contributed by atoms with Crippen LogP contribution < -0.4 is 0 Å². The molecule has 30 heavy (non-hydrogen) atoms. The van der Waals surface area contributed by atoms with Gasteiger partial charge in [0.05, 0.1) is 6.61 Å². The first kappa shape index (κ1) is 29.1. The smallest absolute Gasteiger partial charge is 0.462 e. The number of carbonyl (C=O) groups is 2. The van der Waals surface area contributed by atoms with Crippen LogP contribution in [0.2, 0.25) is 0 Å². The Balaban J connectivity index is 4.21. The molecule has 0 unspecified atom stereocenters. The van der Waals surface area contributed by atoms with Gasteiger partial charge in [-0.1, -0.05) is 78.1 Å². The Bertz CT molecular complexity index is 491. The molecule has 0 rings (SSSR count). The molecule has 0 saturated heterocycles. The minimum absolute atomic E-state index is 0.213. The van der Waals surface area contributed by atoms with E-state index in [1.165, 1.54) is 12.8 Å². The molecular weight excluding hydrogens is 411 g/mol. The number of hydrogen-bond donors (Lipinski definition) is 2. The number of ether oxygens (including phenoxy) is 2. The van der Waals surface area contributed by atoms with Crippen molar-refractivity contribution in [3.8, 4) is 0 Å². The van der Waals surface area contributed by atoms with E-state index in [9.17, 15) is 14.2 Å². The van der Waals surface area contributed by atoms with Crippen molar-refractivity contribution in [2.45, 2.75) is 110 Å². The van der Waals surface area contributed by atoms with Crippen molar-refractivity contribution in [2.24, 2.45) is 0 Å². The highest BCUT2D eigenvalue weighted by atomic mass is 31.2. The van der Waals surface area contributed by atoms with E-state index in [4.69, 9.17) is 19.3 Å². The van der Waals surface area contributed by atoms with E-state index >= 15 is 0 Å². The number of carbonyl (C=O) groups excluding carboxylic acids is 2. The first-order valence-corrected chi connectivity index (χ1v) is 12.9. The molecule has 0 aromatic carbocycles. The van der Waals surface area contributed by atoms with E-state index in [2.05, 4.69) is 18.4 Å². The van der Waals surface area contributed by atoms with Gasteiger partial charge in [-0.15, -0.1) is 0 Å². The lowest BCUT2D eigenvalue weighted by atomic mass is 10.1. The molecule has 0 aromatic rings. The van der Waals surface area contributed by atoms with Crippen molar-refractivity contribution in [2.75, 3.05) is 13.2 Å². The minimum Gasteiger partial charge on any atom is -0.462 e. The largest absolute Gasteiger partial charge is 0.469 e. The molecule has 8 nitrogen and oxygen atoms in total. The van der Waals surface area contributed by atoms with Crippen LogP contribution in [0.25, 0.3) is 0 Å². The maximum atomic E-state index is 12.0. The van der Waals surface area contributed by atoms with Gasteiger partial charge in [0.2, 0.25) is 0 Å². The monoisotopic (exact) mass is 452 g/mol. The normalized spacial score (nSPS) is 12.5. The van der Waals surface area contributed by atoms with Gasteiger partial charge in [0.15, 0.2) is 6.10 Å². The number of unbranched alkanes of at least 4 members (excludes halogenated alkanes) is 10. The van der Waals surface area contributed by atoms with Crippen molar-refractivity contribution in [3.63, 3.8) is 0 Å². The van der Waals surface area contributed by atoms with Gasteiger partial charge in [-0.3, -0.25) is 14.1 Å². The first-order valence-electron chi connectivity index (χ1n) is 11.3. The zero-order chi connectivity index (χ0) is 22.7. The van der Waals surface area contributed by atoms with Crippen molar-refractivity contribution in [3.05, 3.63) is 0 Å². The summed E-state index contributed by atoms with van der Waals surface area (Å²) in [7, 11) is -4.71. The lowest BCUT2D eigenvalue weighted by Gasteiger charge is -2.18. The third-order valence-electron chi connectivity index (χ3n) is 4.63. The molecule has 0 bridgehead atoms. The second-order valence-electron chi connectivity index (χ2n) is 7.62. The highest BCUT2D eigenvalue weighted by Crippen LogP contribution is 2.35. The van der Waals surface area contributed by atoms with Crippen LogP contribution in [0, 0.1) is 0 Å². The van der Waals surface area contributed by atoms with Gasteiger partial charge >= 0.3 is 19.8 Å². The summed E-state index contributed by atoms with van der Waals surface area (Å²) in [5.41, 5.74) is 0. The molecule has 1 atom stereocenters. The van der Waals surface area contributed by atoms with Gasteiger partial charge in [-0.2, -0.15) is 0 Å². The summed E-state index contributed by atoms with van der Waals surface area (Å²) >= 11 is 0. The van der Waals surface area contributed by atoms with Gasteiger partial charge in [-0.05, 0) is 12.8 Å². The van der Waals surface area contributed by atoms with Crippen LogP contribution in [0.4, 0.5) is 0 Å². The second kappa shape index (κ2) is 18.8. The van der Waals surface area contributed by atoms with Crippen LogP contribution in [0.5, 0.6) is 0 Å². The van der Waals surface area contributed by atoms with Crippen LogP contribution in [-0.4, -0.2) is 41.0 Å². The Morgan fingerprint density at radius 1 is 0.733 bits per heavy atom. The summed E-state index contributed by atoms with van der Waals surface area (Å²) in [4.78, 5) is 41.6. The number of hydrogen-bond acceptors (Lipinski definition) is 6. The highest BCUT2D eigenvalue weighted by molar-refractivity contribution is 7.46. The Kier molecular flexibility index (Phi) is 18.2. The van der Waals surface area contributed by atoms with Crippen molar-refractivity contribution >= 4 is 19.8 Å². The number of phosphoric acid groups is 1. The molecule has 178 valence electrons. The number of rotatable bonds is 20. The average Bonchev–Trinajstić information content (AvgIpc) is 2.68. The molecule has 0 amide bonds. The van der Waals surface area contributed by atoms with Crippen molar-refractivity contribution in [1.29, 1.82) is 0 Å². The Morgan fingerprint density at radius 3 is 1.70 bits per heavy atom. The van der Waals surface area contributed by atoms with E-state index in [0.717, 1.165) is 57.8 Å². The molecule has 0 fully saturated rings. The van der Waals surface area contributed by atoms with E-state index in [1.807, 2.05) is 0 Å². The SMILES string of the molecule is CCCCCCCCC(=O)OC[C@H](COP(=O)(O)O)OC(=O)CCCCCCCC. The molecule has 0 aromatic heterocycles. The van der Waals surface area contributed by atoms with E-state index in [-0.39, 0.29) is 19.4 Å². The third kappa shape index (κ3) is 20.3. The summed E-state index contributed by atoms with van der Waals surface area (Å²) in [5, 5.41) is 0. The second-order valence-corrected chi connectivity index (χ2v) is 8.86. The summed E-state index contributed by atoms with van der Waals surface area (Å²) in [6, 6.07) is 0. The number of esters is 2. The maximum Gasteiger partial charge on any atom is 0.469 e. The highest BCUT2D eigenvalue weighted by Gasteiger charge is 2.22. The zero-order valence-corrected chi connectivity index (χ0v) is 19.6. The average molecular weight is 453 g/mol. The van der Waals surface area contributed by atoms with Crippen LogP contribution in [-0.2, 0) is 28.2 Å². The Hall–Kier alpha value is -0.950. The van der Waals surface area contributed by atoms with Crippen molar-refractivity contribution < 1.29 is 37.9 Å². The van der Waals surface area contributed by atoms with Gasteiger partial charge in [0.25, 0.3) is 0 Å². The molecule has 9 heteroatoms. The van der Waals surface area contributed by atoms with Gasteiger partial charge in [0, 0.05) is 12.8 Å². The van der Waals surface area contributed by atoms with E-state index in [0.29, 0.717) is 6.42 Å². The summed E-state index contributed by atoms with van der Waals surface area (Å²) < 4.78 is 25.7. The topological polar surface area (TPSA) is 119 Å². The van der Waals surface area contributed by atoms with Crippen LogP contribution in [0.3, 0.4) is 0 Å². The summed E-state index contributed by atoms with van der Waals surface area (Å²) in [6.45, 7) is 3.47. The Morgan fingerprint density at radius 2 is 1.20 bits per heavy atom. The number of phosphoric ester groups is 1. The molecule has 0 heterocycles. The quantitative estimate of drug-likeness (QED) is 0.150. The standard InChI is InChI=1S/C21H41O8P/c1-3-5-7-9-11-13-15-20(22)27-17-19(18-28-30(24,25)26)29-21(23)16-14-12-10-8-6-4-2/h19H,3-18H2,1-2H3,(H2,24,25,26)/t19-/m1/s1. The summed E-state index contributed by atoms with van der Waals surface area (Å²) in [6.07, 6.45) is 11.8. The molecule has 0 aliphatic rings. The fourth-order valence-electron chi connectivity index (χ4n) is 2.90. The van der Waals surface area contributed by atoms with Gasteiger partial charge in [0.1, 0.15) is 6.61 Å². The predicted molar refractivity (Wildman–Crippen MR) is 115 cm³/mol. The maximum absolute atomic E-state index is 12.0. The van der Waals surface area contributed by atoms with Crippen LogP contribution >= 0.6 is 7.82 Å². The van der Waals surface area contributed by atoms with E-state index < -0.39 is 32.5 Å². The molecule has 0 radical (unpaired) electrons. The van der Waals surface area contributed by atoms with Gasteiger partial charge < -0.3 is 19.3 Å². The molecule has 0 aliphatic carbocycles. The predicted octanol–water partition coefficient (Wildman–Crippen LogP) is 5.05. The molecule has 2 N–H and O–H groups in total. The lowest BCUT2D eigenvalue weighted by molar-refractivity contribution is -0.161. The lowest BCUT2D eigenvalue weighted by Crippen LogP contribution is -2.29. The molecule has 0 saturated carbocycles. The van der Waals surface area contributed by atoms with Crippen molar-refractivity contribution in [1.82, 2.24) is 0 Å². The summed E-state index contributed by atoms with van der Waals surface area (Å²) in [5.74, 6) is -0.907. The van der Waals surface area contributed by atoms with E-state index in [1.54, 1.807) is 0 Å². The van der Waals surface area contributed by atoms with Crippen LogP contribution in [0.15, 0.2) is 0 Å².